The molecule has 0 aliphatic carbocycles. The van der Waals surface area contributed by atoms with Gasteiger partial charge in [-0.05, 0) is 11.1 Å². The quantitative estimate of drug-likeness (QED) is 0.441. The maximum absolute atomic E-state index is 4.42. The Kier molecular flexibility index (Phi) is 4.38. The normalized spacial score (nSPS) is 13.7. The Morgan fingerprint density at radius 1 is 0.667 bits per heavy atom. The summed E-state index contributed by atoms with van der Waals surface area (Å²) in [5, 5.41) is 8.83. The molecule has 0 spiro atoms. The second-order valence-corrected chi connectivity index (χ2v) is 6.04. The van der Waals surface area contributed by atoms with Crippen molar-refractivity contribution in [2.45, 2.75) is 0 Å². The largest absolute Gasteiger partial charge is 0.205 e. The molecule has 1 aromatic rings. The van der Waals surface area contributed by atoms with Crippen molar-refractivity contribution in [1.29, 1.82) is 0 Å². The van der Waals surface area contributed by atoms with E-state index < -0.39 is 0 Å². The molecular formula is C14H24N4+2. The standard InChI is InChI=1S/C14H24N4/c1-17(2,3)15-11-13-7-9-14(10-8-13)12-16-18(4,5)6/h7-12H,1-6H3/q+2/b15-11+,16-12+. The molecule has 98 valence electrons. The van der Waals surface area contributed by atoms with Crippen LogP contribution in [0.1, 0.15) is 11.1 Å². The van der Waals surface area contributed by atoms with Crippen molar-refractivity contribution < 1.29 is 9.18 Å². The molecule has 4 nitrogen and oxygen atoms in total. The number of hydrogen-bond acceptors (Lipinski definition) is 2. The first kappa shape index (κ1) is 14.5. The van der Waals surface area contributed by atoms with Crippen molar-refractivity contribution in [3.63, 3.8) is 0 Å². The van der Waals surface area contributed by atoms with Crippen molar-refractivity contribution >= 4 is 12.4 Å². The third-order valence-corrected chi connectivity index (χ3v) is 2.04. The van der Waals surface area contributed by atoms with Gasteiger partial charge < -0.3 is 0 Å². The number of benzene rings is 1. The van der Waals surface area contributed by atoms with Gasteiger partial charge in [-0.2, -0.15) is 0 Å². The van der Waals surface area contributed by atoms with Crippen molar-refractivity contribution in [2.75, 3.05) is 42.3 Å². The fourth-order valence-corrected chi connectivity index (χ4v) is 1.15. The van der Waals surface area contributed by atoms with Crippen LogP contribution in [0.5, 0.6) is 0 Å². The Morgan fingerprint density at radius 3 is 1.17 bits per heavy atom. The summed E-state index contributed by atoms with van der Waals surface area (Å²) in [4.78, 5) is 0. The van der Waals surface area contributed by atoms with Crippen LogP contribution >= 0.6 is 0 Å². The van der Waals surface area contributed by atoms with Crippen LogP contribution in [0.4, 0.5) is 0 Å². The first-order valence-corrected chi connectivity index (χ1v) is 6.00. The maximum Gasteiger partial charge on any atom is 0.0923 e. The molecule has 0 bridgehead atoms. The second kappa shape index (κ2) is 5.42. The Labute approximate surface area is 110 Å². The third-order valence-electron chi connectivity index (χ3n) is 2.04. The van der Waals surface area contributed by atoms with E-state index in [2.05, 4.69) is 34.5 Å². The lowest BCUT2D eigenvalue weighted by atomic mass is 10.2. The molecule has 0 radical (unpaired) electrons. The first-order valence-electron chi connectivity index (χ1n) is 6.00. The van der Waals surface area contributed by atoms with Gasteiger partial charge >= 0.3 is 0 Å². The van der Waals surface area contributed by atoms with Gasteiger partial charge in [-0.15, -0.1) is 0 Å². The summed E-state index contributed by atoms with van der Waals surface area (Å²) < 4.78 is 1.15. The van der Waals surface area contributed by atoms with Crippen LogP contribution in [-0.4, -0.2) is 63.9 Å². The van der Waals surface area contributed by atoms with E-state index in [-0.39, 0.29) is 0 Å². The van der Waals surface area contributed by atoms with E-state index in [1.165, 1.54) is 0 Å². The summed E-state index contributed by atoms with van der Waals surface area (Å²) in [7, 11) is 12.2. The summed E-state index contributed by atoms with van der Waals surface area (Å²) in [6.07, 6.45) is 3.78. The average Bonchev–Trinajstić information content (AvgIpc) is 2.23. The van der Waals surface area contributed by atoms with E-state index in [4.69, 9.17) is 0 Å². The van der Waals surface area contributed by atoms with Crippen LogP contribution in [0.2, 0.25) is 0 Å². The fraction of sp³-hybridized carbons (Fsp3) is 0.429. The predicted octanol–water partition coefficient (Wildman–Crippen LogP) is 1.77. The minimum atomic E-state index is 0.574. The highest BCUT2D eigenvalue weighted by atomic mass is 15.6. The molecule has 0 unspecified atom stereocenters. The molecule has 1 aromatic carbocycles. The summed E-state index contributed by atoms with van der Waals surface area (Å²) in [6.45, 7) is 0. The van der Waals surface area contributed by atoms with E-state index >= 15 is 0 Å². The van der Waals surface area contributed by atoms with Crippen LogP contribution in [0.3, 0.4) is 0 Å². The minimum absolute atomic E-state index is 0.574. The zero-order valence-electron chi connectivity index (χ0n) is 12.3. The molecule has 0 aromatic heterocycles. The van der Waals surface area contributed by atoms with Crippen molar-refractivity contribution in [2.24, 2.45) is 10.2 Å². The van der Waals surface area contributed by atoms with E-state index in [0.717, 1.165) is 11.1 Å². The van der Waals surface area contributed by atoms with Crippen LogP contribution in [0.25, 0.3) is 0 Å². The number of quaternary nitrogens is 2. The van der Waals surface area contributed by atoms with Gasteiger partial charge in [0, 0.05) is 0 Å². The molecule has 0 aliphatic rings. The van der Waals surface area contributed by atoms with Gasteiger partial charge in [0.15, 0.2) is 0 Å². The number of hydrogen-bond donors (Lipinski definition) is 0. The summed E-state index contributed by atoms with van der Waals surface area (Å²) >= 11 is 0. The minimum Gasteiger partial charge on any atom is -0.205 e. The Morgan fingerprint density at radius 2 is 0.944 bits per heavy atom. The van der Waals surface area contributed by atoms with Gasteiger partial charge in [-0.3, -0.25) is 0 Å². The van der Waals surface area contributed by atoms with Crippen LogP contribution in [0.15, 0.2) is 34.5 Å². The van der Waals surface area contributed by atoms with Crippen molar-refractivity contribution in [1.82, 2.24) is 0 Å². The summed E-state index contributed by atoms with van der Waals surface area (Å²) in [5.74, 6) is 0. The van der Waals surface area contributed by atoms with Crippen LogP contribution in [0, 0.1) is 0 Å². The Balaban J connectivity index is 2.75. The number of nitrogens with zero attached hydrogens (tertiary/aromatic N) is 4. The molecule has 1 rings (SSSR count). The number of rotatable bonds is 4. The first-order chi connectivity index (χ1) is 8.16. The molecule has 0 amide bonds. The second-order valence-electron chi connectivity index (χ2n) is 6.04. The van der Waals surface area contributed by atoms with Gasteiger partial charge in [0.1, 0.15) is 0 Å². The smallest absolute Gasteiger partial charge is 0.0923 e. The monoisotopic (exact) mass is 248 g/mol. The molecule has 0 aliphatic heterocycles. The third kappa shape index (κ3) is 6.27. The molecule has 0 saturated carbocycles. The fourth-order valence-electron chi connectivity index (χ4n) is 1.15. The Hall–Kier alpha value is -1.52. The van der Waals surface area contributed by atoms with E-state index in [9.17, 15) is 0 Å². The topological polar surface area (TPSA) is 24.7 Å². The van der Waals surface area contributed by atoms with E-state index in [0.29, 0.717) is 9.18 Å². The molecule has 0 fully saturated rings. The van der Waals surface area contributed by atoms with E-state index in [1.54, 1.807) is 0 Å². The SMILES string of the molecule is C[N+](C)(C)/N=C/c1ccc(/C=N/[N+](C)(C)C)cc1. The molecule has 0 saturated heterocycles. The molecular weight excluding hydrogens is 224 g/mol. The molecule has 4 heteroatoms. The lowest BCUT2D eigenvalue weighted by Gasteiger charge is -2.14. The molecule has 0 N–H and O–H groups in total. The van der Waals surface area contributed by atoms with Crippen LogP contribution in [-0.2, 0) is 0 Å². The summed E-state index contributed by atoms with van der Waals surface area (Å²) in [6, 6.07) is 8.21. The highest BCUT2D eigenvalue weighted by Gasteiger charge is 2.03. The van der Waals surface area contributed by atoms with Gasteiger partial charge in [0.05, 0.1) is 54.7 Å². The van der Waals surface area contributed by atoms with Crippen molar-refractivity contribution in [3.05, 3.63) is 35.4 Å². The lowest BCUT2D eigenvalue weighted by molar-refractivity contribution is -0.876. The summed E-state index contributed by atoms with van der Waals surface area (Å²) in [5.41, 5.74) is 2.20. The van der Waals surface area contributed by atoms with Crippen molar-refractivity contribution in [3.8, 4) is 0 Å². The zero-order valence-corrected chi connectivity index (χ0v) is 12.3. The van der Waals surface area contributed by atoms with E-state index in [1.807, 2.05) is 54.7 Å². The maximum atomic E-state index is 4.42. The highest BCUT2D eigenvalue weighted by Crippen LogP contribution is 2.02. The highest BCUT2D eigenvalue weighted by molar-refractivity contribution is 5.83. The van der Waals surface area contributed by atoms with Crippen LogP contribution < -0.4 is 0 Å². The van der Waals surface area contributed by atoms with Gasteiger partial charge in [0.2, 0.25) is 0 Å². The predicted molar refractivity (Wildman–Crippen MR) is 77.7 cm³/mol. The molecule has 0 heterocycles. The zero-order chi connectivity index (χ0) is 13.8. The molecule has 0 atom stereocenters. The lowest BCUT2D eigenvalue weighted by Crippen LogP contribution is -2.27. The van der Waals surface area contributed by atoms with Gasteiger partial charge in [-0.25, -0.2) is 9.18 Å². The molecule has 18 heavy (non-hydrogen) atoms. The average molecular weight is 248 g/mol. The van der Waals surface area contributed by atoms with Gasteiger partial charge in [-0.1, -0.05) is 34.5 Å². The Bertz CT molecular complexity index is 387. The van der Waals surface area contributed by atoms with Gasteiger partial charge in [0.25, 0.3) is 0 Å².